The van der Waals surface area contributed by atoms with E-state index in [4.69, 9.17) is 27.9 Å². The van der Waals surface area contributed by atoms with Crippen LogP contribution in [0.25, 0.3) is 11.1 Å². The minimum atomic E-state index is -1.11. The standard InChI is InChI=1S/C25H24Cl2N2O4/c1-28-22(30)19-20(23(28)31)25(24(32)33-2)11-3-4-12-29(25)21(19)15-7-5-14(6-8-15)16-9-10-17(26)18(27)13-16/h5-10,13,19-21H,3-4,11-12H2,1-2H3/t19-,20-,21+,25-/m0/s1. The summed E-state index contributed by atoms with van der Waals surface area (Å²) in [7, 11) is 2.86. The first-order valence-corrected chi connectivity index (χ1v) is 11.8. The highest BCUT2D eigenvalue weighted by Crippen LogP contribution is 2.58. The first kappa shape index (κ1) is 22.4. The minimum Gasteiger partial charge on any atom is -0.468 e. The van der Waals surface area contributed by atoms with E-state index in [0.717, 1.165) is 29.5 Å². The molecule has 3 heterocycles. The molecule has 5 rings (SSSR count). The summed E-state index contributed by atoms with van der Waals surface area (Å²) in [6.07, 6.45) is 2.21. The number of hydrogen-bond donors (Lipinski definition) is 0. The Hall–Kier alpha value is -2.41. The van der Waals surface area contributed by atoms with Crippen LogP contribution in [-0.2, 0) is 19.1 Å². The fourth-order valence-corrected chi connectivity index (χ4v) is 6.35. The summed E-state index contributed by atoms with van der Waals surface area (Å²) in [4.78, 5) is 42.9. The van der Waals surface area contributed by atoms with Gasteiger partial charge in [-0.2, -0.15) is 0 Å². The normalized spacial score (nSPS) is 29.2. The lowest BCUT2D eigenvalue weighted by atomic mass is 9.75. The summed E-state index contributed by atoms with van der Waals surface area (Å²) < 4.78 is 5.22. The van der Waals surface area contributed by atoms with Crippen molar-refractivity contribution < 1.29 is 19.1 Å². The summed E-state index contributed by atoms with van der Waals surface area (Å²) >= 11 is 12.2. The van der Waals surface area contributed by atoms with Crippen molar-refractivity contribution in [1.29, 1.82) is 0 Å². The van der Waals surface area contributed by atoms with E-state index in [-0.39, 0.29) is 17.9 Å². The lowest BCUT2D eigenvalue weighted by molar-refractivity contribution is -0.163. The maximum absolute atomic E-state index is 13.2. The fourth-order valence-electron chi connectivity index (χ4n) is 6.05. The van der Waals surface area contributed by atoms with E-state index in [0.29, 0.717) is 23.0 Å². The van der Waals surface area contributed by atoms with Crippen LogP contribution in [0.2, 0.25) is 10.0 Å². The Balaban J connectivity index is 1.59. The van der Waals surface area contributed by atoms with Crippen LogP contribution in [0.5, 0.6) is 0 Å². The number of hydrogen-bond acceptors (Lipinski definition) is 5. The molecule has 0 bridgehead atoms. The summed E-state index contributed by atoms with van der Waals surface area (Å²) in [6.45, 7) is 0.631. The van der Waals surface area contributed by atoms with Gasteiger partial charge in [0, 0.05) is 13.1 Å². The predicted molar refractivity (Wildman–Crippen MR) is 125 cm³/mol. The zero-order valence-corrected chi connectivity index (χ0v) is 19.9. The zero-order valence-electron chi connectivity index (χ0n) is 18.4. The third kappa shape index (κ3) is 3.15. The Morgan fingerprint density at radius 1 is 1.00 bits per heavy atom. The number of carbonyl (C=O) groups excluding carboxylic acids is 3. The highest BCUT2D eigenvalue weighted by Gasteiger charge is 2.72. The second kappa shape index (κ2) is 8.12. The number of carbonyl (C=O) groups is 3. The van der Waals surface area contributed by atoms with Crippen LogP contribution in [0.15, 0.2) is 42.5 Å². The number of halogens is 2. The molecule has 0 radical (unpaired) electrons. The second-order valence-corrected chi connectivity index (χ2v) is 9.82. The second-order valence-electron chi connectivity index (χ2n) is 9.00. The third-order valence-electron chi connectivity index (χ3n) is 7.53. The topological polar surface area (TPSA) is 66.9 Å². The van der Waals surface area contributed by atoms with E-state index >= 15 is 0 Å². The number of methoxy groups -OCH3 is 1. The molecule has 0 N–H and O–H groups in total. The molecule has 0 saturated carbocycles. The van der Waals surface area contributed by atoms with E-state index in [1.807, 2.05) is 36.4 Å². The van der Waals surface area contributed by atoms with E-state index in [1.165, 1.54) is 19.1 Å². The van der Waals surface area contributed by atoms with Crippen LogP contribution >= 0.6 is 23.2 Å². The molecule has 8 heteroatoms. The number of rotatable bonds is 3. The van der Waals surface area contributed by atoms with Gasteiger partial charge in [0.15, 0.2) is 0 Å². The number of nitrogens with zero attached hydrogens (tertiary/aromatic N) is 2. The molecule has 3 fully saturated rings. The summed E-state index contributed by atoms with van der Waals surface area (Å²) in [5.41, 5.74) is 1.67. The maximum atomic E-state index is 13.2. The molecule has 3 aliphatic rings. The van der Waals surface area contributed by atoms with Gasteiger partial charge in [-0.1, -0.05) is 53.5 Å². The van der Waals surface area contributed by atoms with Gasteiger partial charge in [0.25, 0.3) is 0 Å². The molecule has 0 spiro atoms. The number of piperidine rings is 1. The third-order valence-corrected chi connectivity index (χ3v) is 8.26. The highest BCUT2D eigenvalue weighted by atomic mass is 35.5. The lowest BCUT2D eigenvalue weighted by Crippen LogP contribution is -2.59. The molecule has 0 aromatic heterocycles. The van der Waals surface area contributed by atoms with Gasteiger partial charge in [-0.25, -0.2) is 0 Å². The molecule has 6 nitrogen and oxygen atoms in total. The van der Waals surface area contributed by atoms with Gasteiger partial charge in [0.1, 0.15) is 5.54 Å². The molecule has 0 unspecified atom stereocenters. The number of amides is 2. The van der Waals surface area contributed by atoms with E-state index in [1.54, 1.807) is 6.07 Å². The smallest absolute Gasteiger partial charge is 0.327 e. The van der Waals surface area contributed by atoms with Crippen LogP contribution in [0.4, 0.5) is 0 Å². The van der Waals surface area contributed by atoms with E-state index < -0.39 is 23.3 Å². The van der Waals surface area contributed by atoms with Gasteiger partial charge in [0.2, 0.25) is 11.8 Å². The number of likely N-dealkylation sites (tertiary alicyclic amines) is 1. The van der Waals surface area contributed by atoms with Gasteiger partial charge in [-0.15, -0.1) is 0 Å². The number of benzene rings is 2. The first-order valence-electron chi connectivity index (χ1n) is 11.0. The first-order chi connectivity index (χ1) is 15.8. The van der Waals surface area contributed by atoms with Crippen molar-refractivity contribution in [3.05, 3.63) is 58.1 Å². The molecular weight excluding hydrogens is 463 g/mol. The molecule has 2 aromatic carbocycles. The zero-order chi connectivity index (χ0) is 23.5. The fraction of sp³-hybridized carbons (Fsp3) is 0.400. The van der Waals surface area contributed by atoms with Gasteiger partial charge in [-0.3, -0.25) is 24.2 Å². The van der Waals surface area contributed by atoms with Gasteiger partial charge >= 0.3 is 5.97 Å². The van der Waals surface area contributed by atoms with Crippen molar-refractivity contribution in [2.45, 2.75) is 30.8 Å². The van der Waals surface area contributed by atoms with Crippen LogP contribution < -0.4 is 0 Å². The maximum Gasteiger partial charge on any atom is 0.327 e. The molecule has 33 heavy (non-hydrogen) atoms. The monoisotopic (exact) mass is 486 g/mol. The SMILES string of the molecule is COC(=O)[C@@]12CCCCN1[C@H](c1ccc(-c3ccc(Cl)c(Cl)c3)cc1)[C@H]1C(=O)N(C)C(=O)[C@H]12. The Labute approximate surface area is 202 Å². The number of fused-ring (bicyclic) bond motifs is 3. The van der Waals surface area contributed by atoms with Crippen LogP contribution in [0, 0.1) is 11.8 Å². The predicted octanol–water partition coefficient (Wildman–Crippen LogP) is 4.34. The molecule has 2 aromatic rings. The van der Waals surface area contributed by atoms with Crippen molar-refractivity contribution in [3.63, 3.8) is 0 Å². The van der Waals surface area contributed by atoms with Crippen molar-refractivity contribution in [3.8, 4) is 11.1 Å². The van der Waals surface area contributed by atoms with Crippen molar-refractivity contribution in [2.75, 3.05) is 20.7 Å². The van der Waals surface area contributed by atoms with Crippen molar-refractivity contribution in [2.24, 2.45) is 11.8 Å². The molecule has 0 aliphatic carbocycles. The van der Waals surface area contributed by atoms with Crippen LogP contribution in [0.1, 0.15) is 30.9 Å². The number of ether oxygens (including phenoxy) is 1. The van der Waals surface area contributed by atoms with E-state index in [2.05, 4.69) is 4.90 Å². The summed E-state index contributed by atoms with van der Waals surface area (Å²) in [5.74, 6) is -2.31. The minimum absolute atomic E-state index is 0.235. The summed E-state index contributed by atoms with van der Waals surface area (Å²) in [5, 5.41) is 0.970. The van der Waals surface area contributed by atoms with Crippen molar-refractivity contribution >= 4 is 41.0 Å². The number of imide groups is 1. The largest absolute Gasteiger partial charge is 0.468 e. The average Bonchev–Trinajstić information content (AvgIpc) is 3.26. The Bertz CT molecular complexity index is 1150. The Kier molecular flexibility index (Phi) is 5.51. The average molecular weight is 487 g/mol. The summed E-state index contributed by atoms with van der Waals surface area (Å²) in [6, 6.07) is 13.0. The highest BCUT2D eigenvalue weighted by molar-refractivity contribution is 6.42. The van der Waals surface area contributed by atoms with Crippen LogP contribution in [0.3, 0.4) is 0 Å². The van der Waals surface area contributed by atoms with Crippen LogP contribution in [-0.4, -0.2) is 53.8 Å². The van der Waals surface area contributed by atoms with Crippen molar-refractivity contribution in [1.82, 2.24) is 9.80 Å². The lowest BCUT2D eigenvalue weighted by Gasteiger charge is -2.44. The Morgan fingerprint density at radius 2 is 1.70 bits per heavy atom. The van der Waals surface area contributed by atoms with Gasteiger partial charge in [-0.05, 0) is 54.6 Å². The van der Waals surface area contributed by atoms with E-state index in [9.17, 15) is 14.4 Å². The molecule has 4 atom stereocenters. The molecule has 2 amide bonds. The van der Waals surface area contributed by atoms with Gasteiger partial charge in [0.05, 0.1) is 29.0 Å². The molecule has 3 saturated heterocycles. The number of esters is 1. The quantitative estimate of drug-likeness (QED) is 0.476. The van der Waals surface area contributed by atoms with Gasteiger partial charge < -0.3 is 4.74 Å². The Morgan fingerprint density at radius 3 is 2.36 bits per heavy atom. The molecule has 3 aliphatic heterocycles. The molecular formula is C25H24Cl2N2O4. The molecule has 172 valence electrons.